The highest BCUT2D eigenvalue weighted by Crippen LogP contribution is 2.18. The number of nitrogens with one attached hydrogen (secondary N) is 3. The Morgan fingerprint density at radius 1 is 1.00 bits per heavy atom. The fourth-order valence-electron chi connectivity index (χ4n) is 2.54. The summed E-state index contributed by atoms with van der Waals surface area (Å²) >= 11 is 0. The SMILES string of the molecule is COc1ccc(CNC(=O)c2cnc(Nc3cccc(NC(C)=O)c3)nc2)cc1. The molecule has 29 heavy (non-hydrogen) atoms. The number of carbonyl (C=O) groups excluding carboxylic acids is 2. The summed E-state index contributed by atoms with van der Waals surface area (Å²) in [5, 5.41) is 8.57. The van der Waals surface area contributed by atoms with Crippen LogP contribution in [0, 0.1) is 0 Å². The van der Waals surface area contributed by atoms with Gasteiger partial charge in [0.1, 0.15) is 5.75 Å². The number of nitrogens with zero attached hydrogens (tertiary/aromatic N) is 2. The van der Waals surface area contributed by atoms with Crippen LogP contribution in [0.5, 0.6) is 5.75 Å². The van der Waals surface area contributed by atoms with E-state index in [1.54, 1.807) is 25.3 Å². The van der Waals surface area contributed by atoms with E-state index in [0.29, 0.717) is 29.4 Å². The van der Waals surface area contributed by atoms with E-state index >= 15 is 0 Å². The van der Waals surface area contributed by atoms with E-state index in [1.165, 1.54) is 19.3 Å². The quantitative estimate of drug-likeness (QED) is 0.572. The van der Waals surface area contributed by atoms with Gasteiger partial charge in [0.2, 0.25) is 11.9 Å². The highest BCUT2D eigenvalue weighted by atomic mass is 16.5. The fraction of sp³-hybridized carbons (Fsp3) is 0.143. The number of aromatic nitrogens is 2. The molecule has 2 amide bonds. The molecule has 2 aromatic carbocycles. The van der Waals surface area contributed by atoms with Crippen molar-refractivity contribution in [2.45, 2.75) is 13.5 Å². The van der Waals surface area contributed by atoms with E-state index in [9.17, 15) is 9.59 Å². The van der Waals surface area contributed by atoms with Crippen LogP contribution in [0.25, 0.3) is 0 Å². The van der Waals surface area contributed by atoms with Crippen LogP contribution in [0.15, 0.2) is 60.9 Å². The predicted molar refractivity (Wildman–Crippen MR) is 110 cm³/mol. The largest absolute Gasteiger partial charge is 0.497 e. The van der Waals surface area contributed by atoms with E-state index in [1.807, 2.05) is 30.3 Å². The third-order valence-electron chi connectivity index (χ3n) is 3.97. The third-order valence-corrected chi connectivity index (χ3v) is 3.97. The number of methoxy groups -OCH3 is 1. The number of anilines is 3. The van der Waals surface area contributed by atoms with Gasteiger partial charge in [0.25, 0.3) is 5.91 Å². The second-order valence-corrected chi connectivity index (χ2v) is 6.21. The molecule has 1 heterocycles. The topological polar surface area (TPSA) is 105 Å². The number of rotatable bonds is 7. The van der Waals surface area contributed by atoms with Crippen LogP contribution in [-0.2, 0) is 11.3 Å². The van der Waals surface area contributed by atoms with Crippen LogP contribution in [0.3, 0.4) is 0 Å². The van der Waals surface area contributed by atoms with Crippen molar-refractivity contribution >= 4 is 29.1 Å². The van der Waals surface area contributed by atoms with Crippen molar-refractivity contribution in [3.05, 3.63) is 72.1 Å². The molecule has 0 radical (unpaired) electrons. The highest BCUT2D eigenvalue weighted by molar-refractivity contribution is 5.93. The molecule has 0 fully saturated rings. The van der Waals surface area contributed by atoms with Gasteiger partial charge in [0.05, 0.1) is 12.7 Å². The van der Waals surface area contributed by atoms with Crippen molar-refractivity contribution < 1.29 is 14.3 Å². The van der Waals surface area contributed by atoms with Crippen LogP contribution < -0.4 is 20.7 Å². The summed E-state index contributed by atoms with van der Waals surface area (Å²) in [5.74, 6) is 0.694. The van der Waals surface area contributed by atoms with Gasteiger partial charge in [0, 0.05) is 37.2 Å². The predicted octanol–water partition coefficient (Wildman–Crippen LogP) is 3.12. The molecule has 0 aliphatic heterocycles. The van der Waals surface area contributed by atoms with Crippen molar-refractivity contribution in [2.75, 3.05) is 17.7 Å². The van der Waals surface area contributed by atoms with Crippen molar-refractivity contribution in [2.24, 2.45) is 0 Å². The second-order valence-electron chi connectivity index (χ2n) is 6.21. The second kappa shape index (κ2) is 9.32. The summed E-state index contributed by atoms with van der Waals surface area (Å²) < 4.78 is 5.11. The Labute approximate surface area is 168 Å². The van der Waals surface area contributed by atoms with Gasteiger partial charge in [-0.25, -0.2) is 9.97 Å². The van der Waals surface area contributed by atoms with Crippen molar-refractivity contribution in [1.29, 1.82) is 0 Å². The van der Waals surface area contributed by atoms with Gasteiger partial charge in [-0.2, -0.15) is 0 Å². The first-order chi connectivity index (χ1) is 14.0. The Morgan fingerprint density at radius 2 is 1.69 bits per heavy atom. The van der Waals surface area contributed by atoms with Crippen LogP contribution >= 0.6 is 0 Å². The maximum atomic E-state index is 12.3. The normalized spacial score (nSPS) is 10.1. The van der Waals surface area contributed by atoms with Gasteiger partial charge in [-0.3, -0.25) is 9.59 Å². The van der Waals surface area contributed by atoms with E-state index in [0.717, 1.165) is 11.3 Å². The Kier molecular flexibility index (Phi) is 6.36. The lowest BCUT2D eigenvalue weighted by molar-refractivity contribution is -0.114. The molecule has 1 aromatic heterocycles. The first-order valence-electron chi connectivity index (χ1n) is 8.91. The molecule has 0 bridgehead atoms. The molecule has 3 aromatic rings. The average molecular weight is 391 g/mol. The summed E-state index contributed by atoms with van der Waals surface area (Å²) in [7, 11) is 1.61. The molecule has 8 heteroatoms. The first kappa shape index (κ1) is 19.8. The standard InChI is InChI=1S/C21H21N5O3/c1-14(27)25-17-4-3-5-18(10-17)26-21-23-12-16(13-24-21)20(28)22-11-15-6-8-19(29-2)9-7-15/h3-10,12-13H,11H2,1-2H3,(H,22,28)(H,25,27)(H,23,24,26). The van der Waals surface area contributed by atoms with E-state index in [4.69, 9.17) is 4.74 Å². The van der Waals surface area contributed by atoms with E-state index in [-0.39, 0.29) is 11.8 Å². The zero-order valence-electron chi connectivity index (χ0n) is 16.1. The molecule has 0 saturated carbocycles. The maximum Gasteiger partial charge on any atom is 0.254 e. The van der Waals surface area contributed by atoms with Crippen LogP contribution in [-0.4, -0.2) is 28.9 Å². The lowest BCUT2D eigenvalue weighted by atomic mass is 10.2. The minimum Gasteiger partial charge on any atom is -0.497 e. The molecule has 0 aliphatic carbocycles. The molecule has 3 N–H and O–H groups in total. The number of carbonyl (C=O) groups is 2. The molecule has 0 unspecified atom stereocenters. The summed E-state index contributed by atoms with van der Waals surface area (Å²) in [6.07, 6.45) is 2.91. The van der Waals surface area contributed by atoms with Gasteiger partial charge in [-0.05, 0) is 35.9 Å². The Morgan fingerprint density at radius 3 is 2.34 bits per heavy atom. The molecule has 0 aliphatic rings. The molecule has 0 saturated heterocycles. The van der Waals surface area contributed by atoms with Crippen molar-refractivity contribution in [3.63, 3.8) is 0 Å². The molecular formula is C21H21N5O3. The van der Waals surface area contributed by atoms with Gasteiger partial charge in [-0.1, -0.05) is 18.2 Å². The number of hydrogen-bond acceptors (Lipinski definition) is 6. The molecule has 148 valence electrons. The Hall–Kier alpha value is -3.94. The van der Waals surface area contributed by atoms with E-state index in [2.05, 4.69) is 25.9 Å². The molecule has 8 nitrogen and oxygen atoms in total. The van der Waals surface area contributed by atoms with Gasteiger partial charge in [0.15, 0.2) is 0 Å². The van der Waals surface area contributed by atoms with Gasteiger partial charge in [-0.15, -0.1) is 0 Å². The highest BCUT2D eigenvalue weighted by Gasteiger charge is 2.08. The molecular weight excluding hydrogens is 370 g/mol. The lowest BCUT2D eigenvalue weighted by Gasteiger charge is -2.09. The number of hydrogen-bond donors (Lipinski definition) is 3. The number of benzene rings is 2. The maximum absolute atomic E-state index is 12.3. The smallest absolute Gasteiger partial charge is 0.254 e. The number of ether oxygens (including phenoxy) is 1. The molecule has 0 spiro atoms. The first-order valence-corrected chi connectivity index (χ1v) is 8.91. The van der Waals surface area contributed by atoms with E-state index < -0.39 is 0 Å². The molecule has 0 atom stereocenters. The lowest BCUT2D eigenvalue weighted by Crippen LogP contribution is -2.23. The Bertz CT molecular complexity index is 988. The molecule has 3 rings (SSSR count). The van der Waals surface area contributed by atoms with Crippen molar-refractivity contribution in [1.82, 2.24) is 15.3 Å². The summed E-state index contributed by atoms with van der Waals surface area (Å²) in [6.45, 7) is 1.83. The zero-order valence-corrected chi connectivity index (χ0v) is 16.1. The average Bonchev–Trinajstić information content (AvgIpc) is 2.73. The van der Waals surface area contributed by atoms with Crippen LogP contribution in [0.1, 0.15) is 22.8 Å². The monoisotopic (exact) mass is 391 g/mol. The summed E-state index contributed by atoms with van der Waals surface area (Å²) in [4.78, 5) is 31.8. The third kappa shape index (κ3) is 5.77. The minimum atomic E-state index is -0.264. The van der Waals surface area contributed by atoms with Crippen LogP contribution in [0.4, 0.5) is 17.3 Å². The van der Waals surface area contributed by atoms with Crippen LogP contribution in [0.2, 0.25) is 0 Å². The van der Waals surface area contributed by atoms with Gasteiger partial charge < -0.3 is 20.7 Å². The van der Waals surface area contributed by atoms with Gasteiger partial charge >= 0.3 is 0 Å². The summed E-state index contributed by atoms with van der Waals surface area (Å²) in [5.41, 5.74) is 2.69. The zero-order chi connectivity index (χ0) is 20.6. The number of amides is 2. The fourth-order valence-corrected chi connectivity index (χ4v) is 2.54. The minimum absolute atomic E-state index is 0.150. The van der Waals surface area contributed by atoms with Crippen molar-refractivity contribution in [3.8, 4) is 5.75 Å². The Balaban J connectivity index is 1.57. The summed E-state index contributed by atoms with van der Waals surface area (Å²) in [6, 6.07) is 14.6.